The molecular formula is C15H23BrN2O2. The van der Waals surface area contributed by atoms with Crippen molar-refractivity contribution >= 4 is 15.9 Å². The highest BCUT2D eigenvalue weighted by molar-refractivity contribution is 9.10. The van der Waals surface area contributed by atoms with E-state index in [1.807, 2.05) is 4.68 Å². The van der Waals surface area contributed by atoms with Gasteiger partial charge in [0.25, 0.3) is 0 Å². The Morgan fingerprint density at radius 2 is 2.25 bits per heavy atom. The highest BCUT2D eigenvalue weighted by atomic mass is 79.9. The Kier molecular flexibility index (Phi) is 4.20. The molecule has 4 unspecified atom stereocenters. The van der Waals surface area contributed by atoms with Crippen LogP contribution >= 0.6 is 15.9 Å². The summed E-state index contributed by atoms with van der Waals surface area (Å²) in [6.07, 6.45) is 5.22. The van der Waals surface area contributed by atoms with Crippen molar-refractivity contribution in [3.63, 3.8) is 0 Å². The second kappa shape index (κ2) is 5.78. The molecule has 2 bridgehead atoms. The summed E-state index contributed by atoms with van der Waals surface area (Å²) >= 11 is 3.66. The van der Waals surface area contributed by atoms with Crippen LogP contribution in [0, 0.1) is 5.92 Å². The van der Waals surface area contributed by atoms with Gasteiger partial charge in [0.2, 0.25) is 0 Å². The molecule has 4 nitrogen and oxygen atoms in total. The molecule has 20 heavy (non-hydrogen) atoms. The molecule has 5 heteroatoms. The molecule has 2 aliphatic heterocycles. The molecule has 0 radical (unpaired) electrons. The van der Waals surface area contributed by atoms with Gasteiger partial charge in [-0.1, -0.05) is 6.92 Å². The highest BCUT2D eigenvalue weighted by Crippen LogP contribution is 2.41. The van der Waals surface area contributed by atoms with E-state index in [-0.39, 0.29) is 12.2 Å². The summed E-state index contributed by atoms with van der Waals surface area (Å²) in [6.45, 7) is 5.04. The molecule has 3 heterocycles. The Bertz CT molecular complexity index is 488. The molecule has 1 N–H and O–H groups in total. The molecule has 0 spiro atoms. The topological polar surface area (TPSA) is 47.3 Å². The van der Waals surface area contributed by atoms with E-state index in [9.17, 15) is 5.11 Å². The van der Waals surface area contributed by atoms with Crippen LogP contribution in [0.4, 0.5) is 0 Å². The van der Waals surface area contributed by atoms with Crippen LogP contribution < -0.4 is 0 Å². The molecule has 0 amide bonds. The van der Waals surface area contributed by atoms with E-state index < -0.39 is 0 Å². The first-order chi connectivity index (χ1) is 9.63. The lowest BCUT2D eigenvalue weighted by molar-refractivity contribution is 0.0422. The van der Waals surface area contributed by atoms with Crippen LogP contribution in [-0.2, 0) is 24.1 Å². The maximum atomic E-state index is 10.6. The molecule has 4 atom stereocenters. The smallest absolute Gasteiger partial charge is 0.0766 e. The number of halogens is 1. The lowest BCUT2D eigenvalue weighted by atomic mass is 9.83. The molecule has 0 aromatic carbocycles. The Hall–Kier alpha value is -0.390. The minimum absolute atomic E-state index is 0.275. The number of hydrogen-bond acceptors (Lipinski definition) is 3. The van der Waals surface area contributed by atoms with E-state index in [0.29, 0.717) is 18.4 Å². The summed E-state index contributed by atoms with van der Waals surface area (Å²) in [5.74, 6) is 0.297. The highest BCUT2D eigenvalue weighted by Gasteiger charge is 2.44. The zero-order valence-corrected chi connectivity index (χ0v) is 13.8. The quantitative estimate of drug-likeness (QED) is 0.894. The van der Waals surface area contributed by atoms with Crippen LogP contribution in [0.15, 0.2) is 4.47 Å². The van der Waals surface area contributed by atoms with Gasteiger partial charge in [0.1, 0.15) is 0 Å². The van der Waals surface area contributed by atoms with Gasteiger partial charge in [-0.2, -0.15) is 5.10 Å². The fraction of sp³-hybridized carbons (Fsp3) is 0.800. The predicted molar refractivity (Wildman–Crippen MR) is 80.7 cm³/mol. The van der Waals surface area contributed by atoms with Crippen LogP contribution in [0.3, 0.4) is 0 Å². The van der Waals surface area contributed by atoms with E-state index in [1.165, 1.54) is 6.42 Å². The van der Waals surface area contributed by atoms with Gasteiger partial charge >= 0.3 is 0 Å². The van der Waals surface area contributed by atoms with Crippen molar-refractivity contribution in [2.24, 2.45) is 5.92 Å². The maximum Gasteiger partial charge on any atom is 0.0766 e. The number of nitrogens with zero attached hydrogens (tertiary/aromatic N) is 2. The SMILES string of the molecule is CCc1nn(CC)c(CC(O)C2CC3CCC2O3)c1Br. The van der Waals surface area contributed by atoms with Gasteiger partial charge in [-0.15, -0.1) is 0 Å². The minimum Gasteiger partial charge on any atom is -0.392 e. The Morgan fingerprint density at radius 1 is 1.45 bits per heavy atom. The number of ether oxygens (including phenoxy) is 1. The van der Waals surface area contributed by atoms with Crippen LogP contribution in [-0.4, -0.2) is 33.2 Å². The number of fused-ring (bicyclic) bond motifs is 2. The number of aliphatic hydroxyl groups is 1. The summed E-state index contributed by atoms with van der Waals surface area (Å²) in [5, 5.41) is 15.2. The number of hydrogen-bond donors (Lipinski definition) is 1. The summed E-state index contributed by atoms with van der Waals surface area (Å²) in [6, 6.07) is 0. The van der Waals surface area contributed by atoms with E-state index in [4.69, 9.17) is 4.74 Å². The molecule has 3 rings (SSSR count). The van der Waals surface area contributed by atoms with E-state index in [1.54, 1.807) is 0 Å². The van der Waals surface area contributed by atoms with Gasteiger partial charge in [0, 0.05) is 18.9 Å². The number of aliphatic hydroxyl groups excluding tert-OH is 1. The first kappa shape index (κ1) is 14.5. The van der Waals surface area contributed by atoms with E-state index >= 15 is 0 Å². The third-order valence-electron chi connectivity index (χ3n) is 4.74. The van der Waals surface area contributed by atoms with E-state index in [2.05, 4.69) is 34.9 Å². The van der Waals surface area contributed by atoms with Gasteiger partial charge in [-0.25, -0.2) is 0 Å². The molecule has 1 aromatic rings. The minimum atomic E-state index is -0.326. The summed E-state index contributed by atoms with van der Waals surface area (Å²) in [7, 11) is 0. The fourth-order valence-electron chi connectivity index (χ4n) is 3.64. The summed E-state index contributed by atoms with van der Waals surface area (Å²) in [4.78, 5) is 0. The molecular weight excluding hydrogens is 320 g/mol. The van der Waals surface area contributed by atoms with Crippen molar-refractivity contribution in [2.75, 3.05) is 0 Å². The Balaban J connectivity index is 1.75. The summed E-state index contributed by atoms with van der Waals surface area (Å²) < 4.78 is 8.95. The molecule has 0 aliphatic carbocycles. The fourth-order valence-corrected chi connectivity index (χ4v) is 4.37. The average molecular weight is 343 g/mol. The maximum absolute atomic E-state index is 10.6. The number of aryl methyl sites for hydroxylation is 2. The van der Waals surface area contributed by atoms with Gasteiger partial charge in [0.15, 0.2) is 0 Å². The molecule has 1 aromatic heterocycles. The lowest BCUT2D eigenvalue weighted by Gasteiger charge is -2.24. The second-order valence-corrected chi connectivity index (χ2v) is 6.71. The van der Waals surface area contributed by atoms with Crippen LogP contribution in [0.1, 0.15) is 44.5 Å². The molecule has 112 valence electrons. The second-order valence-electron chi connectivity index (χ2n) is 5.92. The van der Waals surface area contributed by atoms with Crippen LogP contribution in [0.25, 0.3) is 0 Å². The predicted octanol–water partition coefficient (Wildman–Crippen LogP) is 2.70. The molecule has 0 saturated carbocycles. The van der Waals surface area contributed by atoms with Crippen LogP contribution in [0.2, 0.25) is 0 Å². The molecule has 2 fully saturated rings. The summed E-state index contributed by atoms with van der Waals surface area (Å²) in [5.41, 5.74) is 2.21. The molecule has 2 saturated heterocycles. The van der Waals surface area contributed by atoms with Crippen LogP contribution in [0.5, 0.6) is 0 Å². The average Bonchev–Trinajstić information content (AvgIpc) is 3.14. The van der Waals surface area contributed by atoms with Gasteiger partial charge in [-0.05, 0) is 48.5 Å². The standard InChI is InChI=1S/C15H23BrN2O2/c1-3-11-15(16)12(18(4-2)17-11)8-13(19)10-7-9-5-6-14(10)20-9/h9-10,13-14,19H,3-8H2,1-2H3. The van der Waals surface area contributed by atoms with Crippen molar-refractivity contribution < 1.29 is 9.84 Å². The van der Waals surface area contributed by atoms with E-state index in [0.717, 1.165) is 41.7 Å². The van der Waals surface area contributed by atoms with Gasteiger partial charge < -0.3 is 9.84 Å². The van der Waals surface area contributed by atoms with Crippen molar-refractivity contribution in [3.8, 4) is 0 Å². The van der Waals surface area contributed by atoms with Crippen molar-refractivity contribution in [3.05, 3.63) is 15.9 Å². The third-order valence-corrected chi connectivity index (χ3v) is 5.66. The zero-order valence-electron chi connectivity index (χ0n) is 12.2. The van der Waals surface area contributed by atoms with Gasteiger partial charge in [-0.3, -0.25) is 4.68 Å². The van der Waals surface area contributed by atoms with Gasteiger partial charge in [0.05, 0.1) is 34.2 Å². The Morgan fingerprint density at radius 3 is 2.80 bits per heavy atom. The zero-order chi connectivity index (χ0) is 14.3. The number of aromatic nitrogens is 2. The van der Waals surface area contributed by atoms with Crippen molar-refractivity contribution in [2.45, 2.75) is 70.8 Å². The lowest BCUT2D eigenvalue weighted by Crippen LogP contribution is -2.31. The molecule has 2 aliphatic rings. The largest absolute Gasteiger partial charge is 0.392 e. The Labute approximate surface area is 128 Å². The normalized spacial score (nSPS) is 30.1. The first-order valence-electron chi connectivity index (χ1n) is 7.71. The monoisotopic (exact) mass is 342 g/mol. The third kappa shape index (κ3) is 2.44. The first-order valence-corrected chi connectivity index (χ1v) is 8.50. The van der Waals surface area contributed by atoms with Crippen molar-refractivity contribution in [1.29, 1.82) is 0 Å². The van der Waals surface area contributed by atoms with Crippen molar-refractivity contribution in [1.82, 2.24) is 9.78 Å². The number of rotatable bonds is 5.